The van der Waals surface area contributed by atoms with Crippen LogP contribution in [0.1, 0.15) is 30.1 Å². The van der Waals surface area contributed by atoms with Crippen LogP contribution >= 0.6 is 12.4 Å². The van der Waals surface area contributed by atoms with E-state index in [-0.39, 0.29) is 24.4 Å². The monoisotopic (exact) mass is 284 g/mol. The van der Waals surface area contributed by atoms with Gasteiger partial charge < -0.3 is 15.4 Å². The Hall–Kier alpha value is -1.26. The Morgan fingerprint density at radius 2 is 2.16 bits per heavy atom. The molecule has 1 aromatic rings. The molecule has 5 heteroatoms. The van der Waals surface area contributed by atoms with E-state index in [1.807, 2.05) is 12.1 Å². The van der Waals surface area contributed by atoms with Crippen LogP contribution in [0.3, 0.4) is 0 Å². The summed E-state index contributed by atoms with van der Waals surface area (Å²) < 4.78 is 5.21. The lowest BCUT2D eigenvalue weighted by atomic mass is 9.99. The van der Waals surface area contributed by atoms with E-state index in [0.29, 0.717) is 17.4 Å². The Morgan fingerprint density at radius 3 is 2.84 bits per heavy atom. The van der Waals surface area contributed by atoms with Crippen molar-refractivity contribution in [2.45, 2.75) is 31.8 Å². The summed E-state index contributed by atoms with van der Waals surface area (Å²) in [4.78, 5) is 12.2. The molecule has 1 heterocycles. The number of ether oxygens (including phenoxy) is 1. The van der Waals surface area contributed by atoms with Crippen LogP contribution in [0.2, 0.25) is 0 Å². The maximum absolute atomic E-state index is 12.2. The highest BCUT2D eigenvalue weighted by Crippen LogP contribution is 2.18. The number of benzene rings is 1. The van der Waals surface area contributed by atoms with Gasteiger partial charge >= 0.3 is 0 Å². The summed E-state index contributed by atoms with van der Waals surface area (Å²) in [5.41, 5.74) is 0.595. The molecule has 1 saturated heterocycles. The van der Waals surface area contributed by atoms with Crippen LogP contribution in [-0.4, -0.2) is 31.6 Å². The van der Waals surface area contributed by atoms with Crippen molar-refractivity contribution < 1.29 is 9.53 Å². The fourth-order valence-corrected chi connectivity index (χ4v) is 2.32. The Bertz CT molecular complexity index is 426. The van der Waals surface area contributed by atoms with Gasteiger partial charge in [0.05, 0.1) is 12.7 Å². The summed E-state index contributed by atoms with van der Waals surface area (Å²) in [5, 5.41) is 6.45. The van der Waals surface area contributed by atoms with Gasteiger partial charge in [-0.3, -0.25) is 4.79 Å². The molecule has 19 heavy (non-hydrogen) atoms. The first-order valence-corrected chi connectivity index (χ1v) is 6.39. The van der Waals surface area contributed by atoms with Crippen molar-refractivity contribution >= 4 is 18.3 Å². The lowest BCUT2D eigenvalue weighted by Gasteiger charge is -2.30. The van der Waals surface area contributed by atoms with E-state index in [2.05, 4.69) is 17.6 Å². The van der Waals surface area contributed by atoms with Crippen LogP contribution in [0.4, 0.5) is 0 Å². The van der Waals surface area contributed by atoms with Gasteiger partial charge in [-0.05, 0) is 38.4 Å². The standard InChI is InChI=1S/C14H20N2O2.ClH/c1-10-12(7-5-9-15-10)16-14(17)11-6-3-4-8-13(11)18-2;/h3-4,6,8,10,12,15H,5,7,9H2,1-2H3,(H,16,17);1H. The van der Waals surface area contributed by atoms with Gasteiger partial charge in [0.2, 0.25) is 0 Å². The SMILES string of the molecule is COc1ccccc1C(=O)NC1CCCNC1C.Cl. The molecule has 1 aromatic carbocycles. The summed E-state index contributed by atoms with van der Waals surface area (Å²) in [6.07, 6.45) is 2.12. The second-order valence-corrected chi connectivity index (χ2v) is 4.67. The highest BCUT2D eigenvalue weighted by molar-refractivity contribution is 5.97. The number of hydrogen-bond donors (Lipinski definition) is 2. The molecule has 106 valence electrons. The normalized spacial score (nSPS) is 22.2. The number of rotatable bonds is 3. The highest BCUT2D eigenvalue weighted by atomic mass is 35.5. The van der Waals surface area contributed by atoms with Crippen LogP contribution in [0.25, 0.3) is 0 Å². The topological polar surface area (TPSA) is 50.4 Å². The van der Waals surface area contributed by atoms with Gasteiger partial charge in [-0.2, -0.15) is 0 Å². The number of methoxy groups -OCH3 is 1. The van der Waals surface area contributed by atoms with Gasteiger partial charge in [-0.15, -0.1) is 12.4 Å². The summed E-state index contributed by atoms with van der Waals surface area (Å²) in [6.45, 7) is 3.13. The molecule has 0 saturated carbocycles. The molecule has 4 nitrogen and oxygen atoms in total. The van der Waals surface area contributed by atoms with Crippen LogP contribution < -0.4 is 15.4 Å². The van der Waals surface area contributed by atoms with Crippen molar-refractivity contribution in [2.24, 2.45) is 0 Å². The molecule has 1 amide bonds. The second kappa shape index (κ2) is 7.36. The highest BCUT2D eigenvalue weighted by Gasteiger charge is 2.23. The van der Waals surface area contributed by atoms with Gasteiger partial charge in [-0.25, -0.2) is 0 Å². The van der Waals surface area contributed by atoms with E-state index < -0.39 is 0 Å². The molecule has 1 aliphatic rings. The maximum Gasteiger partial charge on any atom is 0.255 e. The van der Waals surface area contributed by atoms with Crippen molar-refractivity contribution in [3.8, 4) is 5.75 Å². The lowest BCUT2D eigenvalue weighted by molar-refractivity contribution is 0.0917. The molecule has 0 radical (unpaired) electrons. The molecule has 0 aliphatic carbocycles. The minimum Gasteiger partial charge on any atom is -0.496 e. The molecule has 2 rings (SSSR count). The Morgan fingerprint density at radius 1 is 1.42 bits per heavy atom. The number of carbonyl (C=O) groups excluding carboxylic acids is 1. The van der Waals surface area contributed by atoms with Crippen LogP contribution in [0, 0.1) is 0 Å². The van der Waals surface area contributed by atoms with Gasteiger partial charge in [-0.1, -0.05) is 12.1 Å². The summed E-state index contributed by atoms with van der Waals surface area (Å²) in [7, 11) is 1.58. The van der Waals surface area contributed by atoms with E-state index in [4.69, 9.17) is 4.74 Å². The molecule has 0 aromatic heterocycles. The lowest BCUT2D eigenvalue weighted by Crippen LogP contribution is -2.51. The molecular formula is C14H21ClN2O2. The quantitative estimate of drug-likeness (QED) is 0.892. The molecule has 1 aliphatic heterocycles. The molecule has 2 atom stereocenters. The zero-order valence-electron chi connectivity index (χ0n) is 11.3. The van der Waals surface area contributed by atoms with Crippen molar-refractivity contribution in [1.29, 1.82) is 0 Å². The van der Waals surface area contributed by atoms with E-state index in [0.717, 1.165) is 19.4 Å². The summed E-state index contributed by atoms with van der Waals surface area (Å²) in [5.74, 6) is 0.555. The molecule has 1 fully saturated rings. The summed E-state index contributed by atoms with van der Waals surface area (Å²) in [6, 6.07) is 7.81. The third-order valence-electron chi connectivity index (χ3n) is 3.43. The van der Waals surface area contributed by atoms with Crippen LogP contribution in [0.15, 0.2) is 24.3 Å². The average Bonchev–Trinajstić information content (AvgIpc) is 2.41. The molecule has 2 unspecified atom stereocenters. The van der Waals surface area contributed by atoms with E-state index in [1.165, 1.54) is 0 Å². The van der Waals surface area contributed by atoms with Crippen molar-refractivity contribution in [3.05, 3.63) is 29.8 Å². The van der Waals surface area contributed by atoms with E-state index >= 15 is 0 Å². The second-order valence-electron chi connectivity index (χ2n) is 4.67. The van der Waals surface area contributed by atoms with Crippen molar-refractivity contribution in [3.63, 3.8) is 0 Å². The zero-order valence-corrected chi connectivity index (χ0v) is 12.1. The van der Waals surface area contributed by atoms with Crippen molar-refractivity contribution in [2.75, 3.05) is 13.7 Å². The van der Waals surface area contributed by atoms with Gasteiger partial charge in [0.15, 0.2) is 0 Å². The van der Waals surface area contributed by atoms with Crippen LogP contribution in [-0.2, 0) is 0 Å². The minimum absolute atomic E-state index is 0. The van der Waals surface area contributed by atoms with E-state index in [1.54, 1.807) is 19.2 Å². The number of halogens is 1. The third kappa shape index (κ3) is 3.85. The number of piperidine rings is 1. The Labute approximate surface area is 120 Å². The fourth-order valence-electron chi connectivity index (χ4n) is 2.32. The first kappa shape index (κ1) is 15.8. The van der Waals surface area contributed by atoms with Gasteiger partial charge in [0.1, 0.15) is 5.75 Å². The molecular weight excluding hydrogens is 264 g/mol. The summed E-state index contributed by atoms with van der Waals surface area (Å²) >= 11 is 0. The maximum atomic E-state index is 12.2. The predicted octanol–water partition coefficient (Wildman–Crippen LogP) is 1.99. The van der Waals surface area contributed by atoms with E-state index in [9.17, 15) is 4.79 Å². The molecule has 0 spiro atoms. The van der Waals surface area contributed by atoms with Crippen molar-refractivity contribution in [1.82, 2.24) is 10.6 Å². The van der Waals surface area contributed by atoms with Gasteiger partial charge in [0, 0.05) is 12.1 Å². The smallest absolute Gasteiger partial charge is 0.255 e. The number of hydrogen-bond acceptors (Lipinski definition) is 3. The Balaban J connectivity index is 0.00000180. The number of carbonyl (C=O) groups is 1. The van der Waals surface area contributed by atoms with Gasteiger partial charge in [0.25, 0.3) is 5.91 Å². The minimum atomic E-state index is -0.0620. The predicted molar refractivity (Wildman–Crippen MR) is 78.2 cm³/mol. The average molecular weight is 285 g/mol. The first-order valence-electron chi connectivity index (χ1n) is 6.39. The Kier molecular flexibility index (Phi) is 6.12. The number of para-hydroxylation sites is 1. The third-order valence-corrected chi connectivity index (χ3v) is 3.43. The zero-order chi connectivity index (χ0) is 13.0. The molecule has 0 bridgehead atoms. The largest absolute Gasteiger partial charge is 0.496 e. The first-order chi connectivity index (χ1) is 8.72. The number of amides is 1. The molecule has 2 N–H and O–H groups in total. The fraction of sp³-hybridized carbons (Fsp3) is 0.500. The number of nitrogens with one attached hydrogen (secondary N) is 2. The van der Waals surface area contributed by atoms with Crippen LogP contribution in [0.5, 0.6) is 5.75 Å².